The van der Waals surface area contributed by atoms with E-state index in [0.29, 0.717) is 0 Å². The van der Waals surface area contributed by atoms with E-state index in [-0.39, 0.29) is 33.8 Å². The second kappa shape index (κ2) is 7.99. The number of carboxylic acid groups (broad SMARTS) is 1. The molecule has 3 rings (SSSR count). The first-order chi connectivity index (χ1) is 13.6. The number of carbonyl (C=O) groups is 1. The number of hydrogen-bond acceptors (Lipinski definition) is 8. The summed E-state index contributed by atoms with van der Waals surface area (Å²) in [6.07, 6.45) is -2.74. The van der Waals surface area contributed by atoms with Gasteiger partial charge in [0.05, 0.1) is 12.3 Å². The van der Waals surface area contributed by atoms with Crippen LogP contribution in [0.1, 0.15) is 29.8 Å². The number of nitrogens with one attached hydrogen (secondary N) is 1. The fourth-order valence-electron chi connectivity index (χ4n) is 2.29. The molecule has 0 aliphatic heterocycles. The van der Waals surface area contributed by atoms with E-state index in [2.05, 4.69) is 24.6 Å². The zero-order valence-electron chi connectivity index (χ0n) is 15.1. The van der Waals surface area contributed by atoms with Gasteiger partial charge in [-0.25, -0.2) is 14.8 Å². The number of alkyl halides is 3. The Hall–Kier alpha value is -3.28. The van der Waals surface area contributed by atoms with Crippen molar-refractivity contribution in [2.75, 3.05) is 5.32 Å². The summed E-state index contributed by atoms with van der Waals surface area (Å²) in [5.41, 5.74) is -1.17. The Labute approximate surface area is 166 Å². The Morgan fingerprint density at radius 1 is 1.31 bits per heavy atom. The maximum absolute atomic E-state index is 13.4. The summed E-state index contributed by atoms with van der Waals surface area (Å²) in [4.78, 5) is 23.2. The first-order valence-electron chi connectivity index (χ1n) is 8.18. The molecule has 3 heterocycles. The maximum Gasteiger partial charge on any atom is 0.420 e. The summed E-state index contributed by atoms with van der Waals surface area (Å²) in [6, 6.07) is 3.63. The highest BCUT2D eigenvalue weighted by molar-refractivity contribution is 7.09. The molecule has 2 N–H and O–H groups in total. The van der Waals surface area contributed by atoms with Gasteiger partial charge in [-0.05, 0) is 32.0 Å². The van der Waals surface area contributed by atoms with Gasteiger partial charge in [-0.3, -0.25) is 0 Å². The van der Waals surface area contributed by atoms with Crippen LogP contribution in [-0.2, 0) is 6.18 Å². The van der Waals surface area contributed by atoms with E-state index in [9.17, 15) is 23.1 Å². The van der Waals surface area contributed by atoms with Crippen molar-refractivity contribution in [1.82, 2.24) is 19.3 Å². The number of hydrogen-bond donors (Lipinski definition) is 2. The highest BCUT2D eigenvalue weighted by atomic mass is 32.1. The number of rotatable bonds is 6. The van der Waals surface area contributed by atoms with Crippen molar-refractivity contribution in [3.8, 4) is 17.3 Å². The van der Waals surface area contributed by atoms with Crippen LogP contribution in [0.4, 0.5) is 24.1 Å². The molecule has 0 unspecified atom stereocenters. The Kier molecular flexibility index (Phi) is 5.64. The van der Waals surface area contributed by atoms with Crippen LogP contribution in [0.25, 0.3) is 11.5 Å². The zero-order valence-corrected chi connectivity index (χ0v) is 15.9. The molecule has 0 saturated heterocycles. The zero-order chi connectivity index (χ0) is 21.2. The minimum atomic E-state index is -4.65. The van der Waals surface area contributed by atoms with Gasteiger partial charge in [-0.1, -0.05) is 0 Å². The highest BCUT2D eigenvalue weighted by Crippen LogP contribution is 2.38. The molecule has 0 radical (unpaired) electrons. The Morgan fingerprint density at radius 2 is 2.07 bits per heavy atom. The van der Waals surface area contributed by atoms with Crippen LogP contribution in [0.15, 0.2) is 30.6 Å². The minimum absolute atomic E-state index is 0.0346. The van der Waals surface area contributed by atoms with E-state index < -0.39 is 23.8 Å². The monoisotopic (exact) mass is 425 g/mol. The third-order valence-corrected chi connectivity index (χ3v) is 4.08. The SMILES string of the molecule is CC(C)Oc1cnc(-c2nsc(Nc3ncccc3C(=O)O)n2)cc1C(F)(F)F. The lowest BCUT2D eigenvalue weighted by atomic mass is 10.2. The molecule has 0 aromatic carbocycles. The largest absolute Gasteiger partial charge is 0.489 e. The van der Waals surface area contributed by atoms with Crippen LogP contribution in [0.5, 0.6) is 5.75 Å². The quantitative estimate of drug-likeness (QED) is 0.603. The molecular formula is C17H14F3N5O3S. The van der Waals surface area contributed by atoms with E-state index in [4.69, 9.17) is 4.74 Å². The van der Waals surface area contributed by atoms with Crippen molar-refractivity contribution in [3.05, 3.63) is 41.7 Å². The summed E-state index contributed by atoms with van der Waals surface area (Å²) in [5.74, 6) is -1.59. The van der Waals surface area contributed by atoms with Crippen LogP contribution < -0.4 is 10.1 Å². The molecule has 0 saturated carbocycles. The number of ether oxygens (including phenoxy) is 1. The molecule has 3 aromatic rings. The van der Waals surface area contributed by atoms with Gasteiger partial charge in [0, 0.05) is 17.7 Å². The third-order valence-electron chi connectivity index (χ3n) is 3.45. The van der Waals surface area contributed by atoms with Crippen LogP contribution in [0, 0.1) is 0 Å². The Morgan fingerprint density at radius 3 is 2.72 bits per heavy atom. The van der Waals surface area contributed by atoms with Crippen molar-refractivity contribution in [2.24, 2.45) is 0 Å². The molecule has 12 heteroatoms. The normalized spacial score (nSPS) is 11.5. The van der Waals surface area contributed by atoms with Gasteiger partial charge < -0.3 is 15.2 Å². The van der Waals surface area contributed by atoms with Gasteiger partial charge >= 0.3 is 12.1 Å². The van der Waals surface area contributed by atoms with Gasteiger partial charge in [0.1, 0.15) is 28.4 Å². The molecule has 152 valence electrons. The van der Waals surface area contributed by atoms with Gasteiger partial charge in [-0.2, -0.15) is 22.5 Å². The average molecular weight is 425 g/mol. The number of halogens is 3. The smallest absolute Gasteiger partial charge is 0.420 e. The fourth-order valence-corrected chi connectivity index (χ4v) is 2.87. The number of nitrogens with zero attached hydrogens (tertiary/aromatic N) is 4. The molecule has 0 fully saturated rings. The third kappa shape index (κ3) is 4.77. The molecule has 0 amide bonds. The minimum Gasteiger partial charge on any atom is -0.489 e. The maximum atomic E-state index is 13.4. The lowest BCUT2D eigenvalue weighted by Crippen LogP contribution is -2.13. The van der Waals surface area contributed by atoms with Gasteiger partial charge in [0.15, 0.2) is 5.82 Å². The highest BCUT2D eigenvalue weighted by Gasteiger charge is 2.35. The topological polar surface area (TPSA) is 110 Å². The van der Waals surface area contributed by atoms with E-state index >= 15 is 0 Å². The standard InChI is InChI=1S/C17H14F3N5O3S/c1-8(2)28-12-7-22-11(6-10(12)17(18,19)20)14-24-16(29-25-14)23-13-9(15(26)27)4-3-5-21-13/h3-8H,1-2H3,(H,26,27)(H,21,23,24,25). The lowest BCUT2D eigenvalue weighted by Gasteiger charge is -2.16. The number of pyridine rings is 2. The predicted molar refractivity (Wildman–Crippen MR) is 98.4 cm³/mol. The van der Waals surface area contributed by atoms with E-state index in [0.717, 1.165) is 23.8 Å². The summed E-state index contributed by atoms with van der Waals surface area (Å²) in [6.45, 7) is 3.22. The number of aromatic carboxylic acids is 1. The van der Waals surface area contributed by atoms with Crippen molar-refractivity contribution in [3.63, 3.8) is 0 Å². The van der Waals surface area contributed by atoms with Gasteiger partial charge in [0.25, 0.3) is 0 Å². The van der Waals surface area contributed by atoms with Crippen LogP contribution in [0.2, 0.25) is 0 Å². The van der Waals surface area contributed by atoms with Crippen molar-refractivity contribution in [2.45, 2.75) is 26.1 Å². The predicted octanol–water partition coefficient (Wildman–Crippen LogP) is 4.24. The van der Waals surface area contributed by atoms with E-state index in [1.54, 1.807) is 13.8 Å². The van der Waals surface area contributed by atoms with Gasteiger partial charge in [-0.15, -0.1) is 0 Å². The number of carboxylic acids is 1. The number of aromatic nitrogens is 4. The van der Waals surface area contributed by atoms with Crippen molar-refractivity contribution < 1.29 is 27.8 Å². The molecule has 0 atom stereocenters. The second-order valence-electron chi connectivity index (χ2n) is 5.98. The van der Waals surface area contributed by atoms with Crippen LogP contribution >= 0.6 is 11.5 Å². The van der Waals surface area contributed by atoms with Crippen LogP contribution in [-0.4, -0.2) is 36.5 Å². The van der Waals surface area contributed by atoms with E-state index in [1.807, 2.05) is 0 Å². The molecular weight excluding hydrogens is 411 g/mol. The summed E-state index contributed by atoms with van der Waals surface area (Å²) >= 11 is 0.830. The average Bonchev–Trinajstić information content (AvgIpc) is 3.09. The molecule has 0 spiro atoms. The molecule has 29 heavy (non-hydrogen) atoms. The van der Waals surface area contributed by atoms with Crippen LogP contribution in [0.3, 0.4) is 0 Å². The van der Waals surface area contributed by atoms with E-state index in [1.165, 1.54) is 18.3 Å². The fraction of sp³-hybridized carbons (Fsp3) is 0.235. The molecule has 0 bridgehead atoms. The second-order valence-corrected chi connectivity index (χ2v) is 6.73. The molecule has 0 aliphatic carbocycles. The lowest BCUT2D eigenvalue weighted by molar-refractivity contribution is -0.139. The molecule has 8 nitrogen and oxygen atoms in total. The summed E-state index contributed by atoms with van der Waals surface area (Å²) in [7, 11) is 0. The number of anilines is 2. The molecule has 3 aromatic heterocycles. The molecule has 0 aliphatic rings. The Balaban J connectivity index is 1.92. The van der Waals surface area contributed by atoms with Crippen molar-refractivity contribution in [1.29, 1.82) is 0 Å². The first-order valence-corrected chi connectivity index (χ1v) is 8.96. The van der Waals surface area contributed by atoms with Crippen molar-refractivity contribution >= 4 is 28.5 Å². The Bertz CT molecular complexity index is 1040. The summed E-state index contributed by atoms with van der Waals surface area (Å²) in [5, 5.41) is 12.0. The summed E-state index contributed by atoms with van der Waals surface area (Å²) < 4.78 is 49.3. The van der Waals surface area contributed by atoms with Gasteiger partial charge in [0.2, 0.25) is 5.13 Å². The first kappa shape index (κ1) is 20.5.